The molecule has 4 heteroatoms. The Labute approximate surface area is 86.5 Å². The maximum atomic E-state index is 12.9. The molecule has 1 N–H and O–H groups in total. The Bertz CT molecular complexity index is 541. The van der Waals surface area contributed by atoms with E-state index in [0.717, 1.165) is 11.9 Å². The minimum absolute atomic E-state index is 0.122. The highest BCUT2D eigenvalue weighted by Crippen LogP contribution is 2.17. The Kier molecular flexibility index (Phi) is 2.34. The number of nitrogens with zero attached hydrogens (tertiary/aromatic N) is 1. The predicted octanol–water partition coefficient (Wildman–Crippen LogP) is 2.44. The van der Waals surface area contributed by atoms with Crippen molar-refractivity contribution in [2.24, 2.45) is 0 Å². The van der Waals surface area contributed by atoms with E-state index < -0.39 is 0 Å². The van der Waals surface area contributed by atoms with Gasteiger partial charge in [-0.15, -0.1) is 0 Å². The summed E-state index contributed by atoms with van der Waals surface area (Å²) in [5.41, 5.74) is 1.14. The lowest BCUT2D eigenvalue weighted by molar-refractivity contribution is 0.530. The minimum atomic E-state index is -0.333. The number of aromatic amines is 1. The molecule has 15 heavy (non-hydrogen) atoms. The molecule has 0 aliphatic rings. The van der Waals surface area contributed by atoms with Crippen molar-refractivity contribution in [2.45, 2.75) is 26.3 Å². The SMILES string of the molecule is CCC(C)n1c(=O)[nH]c2cc(F)ccc21. The molecule has 1 unspecified atom stereocenters. The molecular formula is C11H13FN2O. The van der Waals surface area contributed by atoms with Gasteiger partial charge in [0, 0.05) is 6.04 Å². The van der Waals surface area contributed by atoms with Crippen molar-refractivity contribution < 1.29 is 4.39 Å². The number of H-pyrrole nitrogens is 1. The molecule has 2 aromatic rings. The van der Waals surface area contributed by atoms with Gasteiger partial charge in [0.2, 0.25) is 0 Å². The average Bonchev–Trinajstić information content (AvgIpc) is 2.52. The summed E-state index contributed by atoms with van der Waals surface area (Å²) in [4.78, 5) is 14.3. The van der Waals surface area contributed by atoms with Gasteiger partial charge in [0.25, 0.3) is 0 Å². The van der Waals surface area contributed by atoms with Crippen LogP contribution >= 0.6 is 0 Å². The molecule has 0 bridgehead atoms. The largest absolute Gasteiger partial charge is 0.326 e. The first-order valence-corrected chi connectivity index (χ1v) is 5.03. The smallest absolute Gasteiger partial charge is 0.305 e. The van der Waals surface area contributed by atoms with E-state index >= 15 is 0 Å². The highest BCUT2D eigenvalue weighted by molar-refractivity contribution is 5.75. The fraction of sp³-hybridized carbons (Fsp3) is 0.364. The molecule has 0 saturated heterocycles. The van der Waals surface area contributed by atoms with Gasteiger partial charge in [0.15, 0.2) is 0 Å². The zero-order valence-electron chi connectivity index (χ0n) is 8.75. The van der Waals surface area contributed by atoms with E-state index in [4.69, 9.17) is 0 Å². The van der Waals surface area contributed by atoms with E-state index in [2.05, 4.69) is 4.98 Å². The summed E-state index contributed by atoms with van der Waals surface area (Å²) in [6.45, 7) is 3.98. The molecule has 0 spiro atoms. The van der Waals surface area contributed by atoms with Crippen LogP contribution < -0.4 is 5.69 Å². The van der Waals surface area contributed by atoms with E-state index in [9.17, 15) is 9.18 Å². The summed E-state index contributed by atoms with van der Waals surface area (Å²) in [7, 11) is 0. The Balaban J connectivity index is 2.74. The van der Waals surface area contributed by atoms with Crippen molar-refractivity contribution in [1.82, 2.24) is 9.55 Å². The highest BCUT2D eigenvalue weighted by Gasteiger charge is 2.11. The Morgan fingerprint density at radius 1 is 1.53 bits per heavy atom. The maximum Gasteiger partial charge on any atom is 0.326 e. The zero-order valence-corrected chi connectivity index (χ0v) is 8.75. The minimum Gasteiger partial charge on any atom is -0.305 e. The third-order valence-corrected chi connectivity index (χ3v) is 2.71. The van der Waals surface area contributed by atoms with Crippen LogP contribution in [0.5, 0.6) is 0 Å². The zero-order chi connectivity index (χ0) is 11.0. The van der Waals surface area contributed by atoms with E-state index in [1.54, 1.807) is 10.6 Å². The number of nitrogens with one attached hydrogen (secondary N) is 1. The molecule has 0 radical (unpaired) electrons. The first-order valence-electron chi connectivity index (χ1n) is 5.03. The summed E-state index contributed by atoms with van der Waals surface area (Å²) in [5.74, 6) is -0.333. The molecule has 0 aliphatic heterocycles. The Morgan fingerprint density at radius 3 is 2.93 bits per heavy atom. The molecule has 1 aromatic carbocycles. The molecular weight excluding hydrogens is 195 g/mol. The maximum absolute atomic E-state index is 12.9. The summed E-state index contributed by atoms with van der Waals surface area (Å²) in [5, 5.41) is 0. The summed E-state index contributed by atoms with van der Waals surface area (Å²) < 4.78 is 14.6. The first-order chi connectivity index (χ1) is 7.13. The molecule has 1 heterocycles. The van der Waals surface area contributed by atoms with Gasteiger partial charge < -0.3 is 4.98 Å². The average molecular weight is 208 g/mol. The quantitative estimate of drug-likeness (QED) is 0.808. The van der Waals surface area contributed by atoms with Gasteiger partial charge in [0.1, 0.15) is 5.82 Å². The lowest BCUT2D eigenvalue weighted by Gasteiger charge is -2.10. The van der Waals surface area contributed by atoms with Crippen LogP contribution in [-0.2, 0) is 0 Å². The number of imidazole rings is 1. The Hall–Kier alpha value is -1.58. The third-order valence-electron chi connectivity index (χ3n) is 2.71. The topological polar surface area (TPSA) is 37.8 Å². The van der Waals surface area contributed by atoms with E-state index in [1.165, 1.54) is 12.1 Å². The summed E-state index contributed by atoms with van der Waals surface area (Å²) in [6.07, 6.45) is 0.865. The number of benzene rings is 1. The van der Waals surface area contributed by atoms with Crippen molar-refractivity contribution >= 4 is 11.0 Å². The predicted molar refractivity (Wildman–Crippen MR) is 57.5 cm³/mol. The van der Waals surface area contributed by atoms with Crippen LogP contribution in [0.2, 0.25) is 0 Å². The van der Waals surface area contributed by atoms with Crippen molar-refractivity contribution in [1.29, 1.82) is 0 Å². The molecule has 1 aromatic heterocycles. The number of halogens is 1. The van der Waals surface area contributed by atoms with E-state index in [1.807, 2.05) is 13.8 Å². The van der Waals surface area contributed by atoms with Crippen LogP contribution in [0.15, 0.2) is 23.0 Å². The second-order valence-electron chi connectivity index (χ2n) is 3.72. The molecule has 0 fully saturated rings. The van der Waals surface area contributed by atoms with Crippen molar-refractivity contribution in [3.63, 3.8) is 0 Å². The normalized spacial score (nSPS) is 13.3. The van der Waals surface area contributed by atoms with Crippen LogP contribution in [0.25, 0.3) is 11.0 Å². The van der Waals surface area contributed by atoms with Crippen molar-refractivity contribution in [2.75, 3.05) is 0 Å². The van der Waals surface area contributed by atoms with Gasteiger partial charge in [-0.05, 0) is 31.5 Å². The number of rotatable bonds is 2. The van der Waals surface area contributed by atoms with Crippen molar-refractivity contribution in [3.8, 4) is 0 Å². The van der Waals surface area contributed by atoms with Gasteiger partial charge in [-0.2, -0.15) is 0 Å². The lowest BCUT2D eigenvalue weighted by Crippen LogP contribution is -2.19. The van der Waals surface area contributed by atoms with Crippen molar-refractivity contribution in [3.05, 3.63) is 34.5 Å². The van der Waals surface area contributed by atoms with Gasteiger partial charge in [-0.3, -0.25) is 4.57 Å². The van der Waals surface area contributed by atoms with Crippen LogP contribution in [0.3, 0.4) is 0 Å². The van der Waals surface area contributed by atoms with Gasteiger partial charge in [0.05, 0.1) is 11.0 Å². The fourth-order valence-electron chi connectivity index (χ4n) is 1.72. The van der Waals surface area contributed by atoms with Crippen LogP contribution in [0.4, 0.5) is 4.39 Å². The van der Waals surface area contributed by atoms with E-state index in [0.29, 0.717) is 5.52 Å². The van der Waals surface area contributed by atoms with Gasteiger partial charge in [-0.1, -0.05) is 6.92 Å². The number of hydrogen-bond acceptors (Lipinski definition) is 1. The van der Waals surface area contributed by atoms with Crippen LogP contribution in [0.1, 0.15) is 26.3 Å². The summed E-state index contributed by atoms with van der Waals surface area (Å²) >= 11 is 0. The standard InChI is InChI=1S/C11H13FN2O/c1-3-7(2)14-10-5-4-8(12)6-9(10)13-11(14)15/h4-7H,3H2,1-2H3,(H,13,15). The van der Waals surface area contributed by atoms with Crippen LogP contribution in [0, 0.1) is 5.82 Å². The molecule has 0 aliphatic carbocycles. The molecule has 3 nitrogen and oxygen atoms in total. The number of fused-ring (bicyclic) bond motifs is 1. The molecule has 0 saturated carbocycles. The molecule has 1 atom stereocenters. The molecule has 2 rings (SSSR count). The van der Waals surface area contributed by atoms with Gasteiger partial charge >= 0.3 is 5.69 Å². The van der Waals surface area contributed by atoms with Crippen LogP contribution in [-0.4, -0.2) is 9.55 Å². The molecule has 80 valence electrons. The monoisotopic (exact) mass is 208 g/mol. The number of aromatic nitrogens is 2. The fourth-order valence-corrected chi connectivity index (χ4v) is 1.72. The lowest BCUT2D eigenvalue weighted by atomic mass is 10.2. The Morgan fingerprint density at radius 2 is 2.27 bits per heavy atom. The first kappa shape index (κ1) is 9.96. The van der Waals surface area contributed by atoms with Gasteiger partial charge in [-0.25, -0.2) is 9.18 Å². The third kappa shape index (κ3) is 1.56. The highest BCUT2D eigenvalue weighted by atomic mass is 19.1. The van der Waals surface area contributed by atoms with E-state index in [-0.39, 0.29) is 17.5 Å². The number of hydrogen-bond donors (Lipinski definition) is 1. The second kappa shape index (κ2) is 3.53. The summed E-state index contributed by atoms with van der Waals surface area (Å²) in [6, 6.07) is 4.47. The second-order valence-corrected chi connectivity index (χ2v) is 3.72. The molecule has 0 amide bonds.